The molecule has 0 spiro atoms. The van der Waals surface area contributed by atoms with Crippen molar-refractivity contribution in [3.05, 3.63) is 18.0 Å². The summed E-state index contributed by atoms with van der Waals surface area (Å²) >= 11 is 1.77. The Morgan fingerprint density at radius 3 is 2.50 bits per heavy atom. The Balaban J connectivity index is 1.42. The highest BCUT2D eigenvalue weighted by Crippen LogP contribution is 2.23. The van der Waals surface area contributed by atoms with E-state index >= 15 is 0 Å². The fourth-order valence-electron chi connectivity index (χ4n) is 3.19. The highest BCUT2D eigenvalue weighted by Gasteiger charge is 2.32. The molecule has 0 N–H and O–H groups in total. The molecule has 0 aromatic carbocycles. The molecular formula is C17H28N4S. The highest BCUT2D eigenvalue weighted by atomic mass is 32.2. The Bertz CT molecular complexity index is 452. The van der Waals surface area contributed by atoms with E-state index in [9.17, 15) is 0 Å². The first-order valence-corrected chi connectivity index (χ1v) is 9.56. The Morgan fingerprint density at radius 2 is 1.86 bits per heavy atom. The lowest BCUT2D eigenvalue weighted by Crippen LogP contribution is -2.59. The molecule has 0 radical (unpaired) electrons. The van der Waals surface area contributed by atoms with Crippen LogP contribution >= 0.6 is 11.8 Å². The van der Waals surface area contributed by atoms with Crippen molar-refractivity contribution in [2.45, 2.75) is 62.5 Å². The van der Waals surface area contributed by atoms with Crippen LogP contribution in [0, 0.1) is 0 Å². The van der Waals surface area contributed by atoms with Gasteiger partial charge in [0.05, 0.1) is 0 Å². The molecule has 1 atom stereocenters. The molecule has 2 aliphatic heterocycles. The molecule has 4 nitrogen and oxygen atoms in total. The van der Waals surface area contributed by atoms with E-state index in [4.69, 9.17) is 0 Å². The number of nitrogens with zero attached hydrogens (tertiary/aromatic N) is 4. The average molecular weight is 321 g/mol. The number of rotatable bonds is 6. The molecule has 5 heteroatoms. The Hall–Kier alpha value is -0.650. The Labute approximate surface area is 138 Å². The second-order valence-corrected chi connectivity index (χ2v) is 8.06. The summed E-state index contributed by atoms with van der Waals surface area (Å²) < 4.78 is 0. The van der Waals surface area contributed by atoms with Crippen molar-refractivity contribution in [3.8, 4) is 0 Å². The molecule has 0 aliphatic carbocycles. The molecule has 1 aromatic heterocycles. The number of aromatic nitrogens is 2. The topological polar surface area (TPSA) is 32.3 Å². The first kappa shape index (κ1) is 16.2. The fraction of sp³-hybridized carbons (Fsp3) is 0.765. The zero-order valence-corrected chi connectivity index (χ0v) is 14.7. The Kier molecular flexibility index (Phi) is 5.71. The summed E-state index contributed by atoms with van der Waals surface area (Å²) in [5, 5.41) is 1.50. The van der Waals surface area contributed by atoms with E-state index in [1.165, 1.54) is 51.0 Å². The van der Waals surface area contributed by atoms with Crippen LogP contribution < -0.4 is 0 Å². The monoisotopic (exact) mass is 320 g/mol. The minimum Gasteiger partial charge on any atom is -0.298 e. The number of hydrogen-bond donors (Lipinski definition) is 0. The van der Waals surface area contributed by atoms with Crippen molar-refractivity contribution in [1.29, 1.82) is 0 Å². The summed E-state index contributed by atoms with van der Waals surface area (Å²) in [6, 6.07) is 0.793. The van der Waals surface area contributed by atoms with Gasteiger partial charge in [0.1, 0.15) is 0 Å². The van der Waals surface area contributed by atoms with Crippen molar-refractivity contribution >= 4 is 11.8 Å². The van der Waals surface area contributed by atoms with Crippen LogP contribution in [0.3, 0.4) is 0 Å². The van der Waals surface area contributed by atoms with Gasteiger partial charge in [0.15, 0.2) is 5.16 Å². The van der Waals surface area contributed by atoms with E-state index in [-0.39, 0.29) is 0 Å². The van der Waals surface area contributed by atoms with Crippen molar-refractivity contribution < 1.29 is 0 Å². The highest BCUT2D eigenvalue weighted by molar-refractivity contribution is 7.99. The number of likely N-dealkylation sites (tertiary alicyclic amines) is 2. The minimum atomic E-state index is 0.589. The van der Waals surface area contributed by atoms with E-state index in [2.05, 4.69) is 33.6 Å². The standard InChI is InChI=1S/C17H28N4S/c1-3-14(2)22-17-18-9-15(10-19-17)11-20-12-16(13-20)21-7-5-4-6-8-21/h9-10,14,16H,3-8,11-13H2,1-2H3/t14-/m0/s1. The van der Waals surface area contributed by atoms with Gasteiger partial charge in [-0.1, -0.05) is 32.0 Å². The molecule has 2 aliphatic rings. The predicted molar refractivity (Wildman–Crippen MR) is 92.1 cm³/mol. The average Bonchev–Trinajstić information content (AvgIpc) is 2.52. The van der Waals surface area contributed by atoms with E-state index in [0.29, 0.717) is 5.25 Å². The van der Waals surface area contributed by atoms with Gasteiger partial charge in [-0.15, -0.1) is 0 Å². The lowest BCUT2D eigenvalue weighted by molar-refractivity contribution is 0.0184. The van der Waals surface area contributed by atoms with Crippen LogP contribution in [0.1, 0.15) is 45.1 Å². The maximum atomic E-state index is 4.50. The third-order valence-electron chi connectivity index (χ3n) is 4.81. The van der Waals surface area contributed by atoms with Crippen LogP contribution in [-0.4, -0.2) is 57.2 Å². The second-order valence-electron chi connectivity index (χ2n) is 6.66. The Morgan fingerprint density at radius 1 is 1.18 bits per heavy atom. The summed E-state index contributed by atoms with van der Waals surface area (Å²) in [4.78, 5) is 14.2. The van der Waals surface area contributed by atoms with E-state index in [0.717, 1.165) is 24.2 Å². The molecule has 3 rings (SSSR count). The van der Waals surface area contributed by atoms with Crippen molar-refractivity contribution in [3.63, 3.8) is 0 Å². The third kappa shape index (κ3) is 4.21. The first-order valence-electron chi connectivity index (χ1n) is 8.68. The first-order chi connectivity index (χ1) is 10.7. The van der Waals surface area contributed by atoms with Gasteiger partial charge in [-0.2, -0.15) is 0 Å². The zero-order valence-electron chi connectivity index (χ0n) is 13.9. The molecule has 3 heterocycles. The van der Waals surface area contributed by atoms with E-state index in [1.54, 1.807) is 11.8 Å². The maximum absolute atomic E-state index is 4.50. The van der Waals surface area contributed by atoms with Gasteiger partial charge in [0.25, 0.3) is 0 Å². The van der Waals surface area contributed by atoms with Crippen molar-refractivity contribution in [1.82, 2.24) is 19.8 Å². The molecule has 1 aromatic rings. The van der Waals surface area contributed by atoms with Crippen LogP contribution in [0.5, 0.6) is 0 Å². The molecule has 0 amide bonds. The molecule has 2 saturated heterocycles. The van der Waals surface area contributed by atoms with E-state index in [1.807, 2.05) is 12.4 Å². The quantitative estimate of drug-likeness (QED) is 0.594. The maximum Gasteiger partial charge on any atom is 0.187 e. The molecule has 0 saturated carbocycles. The van der Waals surface area contributed by atoms with E-state index < -0.39 is 0 Å². The molecule has 0 unspecified atom stereocenters. The summed E-state index contributed by atoms with van der Waals surface area (Å²) in [6.45, 7) is 10.5. The van der Waals surface area contributed by atoms with Crippen LogP contribution in [0.4, 0.5) is 0 Å². The van der Waals surface area contributed by atoms with Gasteiger partial charge >= 0.3 is 0 Å². The molecular weight excluding hydrogens is 292 g/mol. The van der Waals surface area contributed by atoms with Gasteiger partial charge in [0, 0.05) is 48.9 Å². The summed E-state index contributed by atoms with van der Waals surface area (Å²) in [7, 11) is 0. The molecule has 2 fully saturated rings. The number of piperidine rings is 1. The minimum absolute atomic E-state index is 0.589. The summed E-state index contributed by atoms with van der Waals surface area (Å²) in [6.07, 6.45) is 9.36. The van der Waals surface area contributed by atoms with Gasteiger partial charge < -0.3 is 0 Å². The van der Waals surface area contributed by atoms with Crippen LogP contribution in [0.15, 0.2) is 17.6 Å². The fourth-order valence-corrected chi connectivity index (χ4v) is 3.95. The second kappa shape index (κ2) is 7.75. The largest absolute Gasteiger partial charge is 0.298 e. The summed E-state index contributed by atoms with van der Waals surface area (Å²) in [5.41, 5.74) is 1.24. The summed E-state index contributed by atoms with van der Waals surface area (Å²) in [5.74, 6) is 0. The lowest BCUT2D eigenvalue weighted by Gasteiger charge is -2.46. The van der Waals surface area contributed by atoms with Crippen LogP contribution in [-0.2, 0) is 6.54 Å². The SMILES string of the molecule is CC[C@H](C)Sc1ncc(CN2CC(N3CCCCC3)C2)cn1. The van der Waals surface area contributed by atoms with Crippen molar-refractivity contribution in [2.75, 3.05) is 26.2 Å². The van der Waals surface area contributed by atoms with Gasteiger partial charge in [-0.25, -0.2) is 9.97 Å². The lowest BCUT2D eigenvalue weighted by atomic mass is 10.0. The third-order valence-corrected chi connectivity index (χ3v) is 5.97. The van der Waals surface area contributed by atoms with Gasteiger partial charge in [0.2, 0.25) is 0 Å². The van der Waals surface area contributed by atoms with Crippen LogP contribution in [0.2, 0.25) is 0 Å². The van der Waals surface area contributed by atoms with Gasteiger partial charge in [-0.05, 0) is 32.4 Å². The predicted octanol–water partition coefficient (Wildman–Crippen LogP) is 3.04. The zero-order chi connectivity index (χ0) is 15.4. The van der Waals surface area contributed by atoms with Gasteiger partial charge in [-0.3, -0.25) is 9.80 Å². The normalized spacial score (nSPS) is 22.5. The molecule has 122 valence electrons. The molecule has 22 heavy (non-hydrogen) atoms. The van der Waals surface area contributed by atoms with Crippen molar-refractivity contribution in [2.24, 2.45) is 0 Å². The smallest absolute Gasteiger partial charge is 0.187 e. The number of thioether (sulfide) groups is 1. The number of hydrogen-bond acceptors (Lipinski definition) is 5. The van der Waals surface area contributed by atoms with Crippen LogP contribution in [0.25, 0.3) is 0 Å². The molecule has 0 bridgehead atoms.